The predicted molar refractivity (Wildman–Crippen MR) is 21.3 cm³/mol. The lowest BCUT2D eigenvalue weighted by atomic mass is 10.6. The Kier molecular flexibility index (Phi) is 0.538. The summed E-state index contributed by atoms with van der Waals surface area (Å²) < 4.78 is 0. The molecule has 0 spiro atoms. The van der Waals surface area contributed by atoms with Crippen molar-refractivity contribution in [1.29, 1.82) is 0 Å². The van der Waals surface area contributed by atoms with E-state index in [9.17, 15) is 0 Å². The third kappa shape index (κ3) is 0.337. The zero-order chi connectivity index (χ0) is 4.41. The highest BCUT2D eigenvalue weighted by atomic mass is 15.1. The summed E-state index contributed by atoms with van der Waals surface area (Å²) in [5.41, 5.74) is 7.21. The second-order valence-electron chi connectivity index (χ2n) is 0.987. The average Bonchev–Trinajstić information content (AvgIpc) is 1.86. The SMILES string of the molecule is [NH]c1cn[nH]c1. The van der Waals surface area contributed by atoms with Crippen LogP contribution in [0.5, 0.6) is 0 Å². The minimum Gasteiger partial charge on any atom is -0.298 e. The number of rotatable bonds is 0. The van der Waals surface area contributed by atoms with Gasteiger partial charge in [-0.05, 0) is 0 Å². The number of H-pyrrole nitrogens is 1. The van der Waals surface area contributed by atoms with E-state index >= 15 is 0 Å². The summed E-state index contributed by atoms with van der Waals surface area (Å²) in [4.78, 5) is 0. The van der Waals surface area contributed by atoms with Crippen molar-refractivity contribution in [3.63, 3.8) is 0 Å². The molecule has 0 bridgehead atoms. The van der Waals surface area contributed by atoms with Crippen LogP contribution in [0.25, 0.3) is 0 Å². The second kappa shape index (κ2) is 1.01. The van der Waals surface area contributed by atoms with Crippen LogP contribution in [0.4, 0.5) is 5.69 Å². The molecule has 0 aliphatic rings. The Morgan fingerprint density at radius 2 is 2.67 bits per heavy atom. The summed E-state index contributed by atoms with van der Waals surface area (Å²) in [5, 5.41) is 6.00. The number of hydrogen-bond donors (Lipinski definition) is 1. The summed E-state index contributed by atoms with van der Waals surface area (Å²) in [5.74, 6) is 0. The van der Waals surface area contributed by atoms with Crippen molar-refractivity contribution in [1.82, 2.24) is 15.9 Å². The van der Waals surface area contributed by atoms with E-state index in [0.29, 0.717) is 5.69 Å². The first-order chi connectivity index (χ1) is 2.89. The van der Waals surface area contributed by atoms with Crippen LogP contribution in [0.2, 0.25) is 0 Å². The summed E-state index contributed by atoms with van der Waals surface area (Å²) in [6, 6.07) is 0. The van der Waals surface area contributed by atoms with E-state index in [-0.39, 0.29) is 0 Å². The van der Waals surface area contributed by atoms with Gasteiger partial charge in [0.1, 0.15) is 0 Å². The van der Waals surface area contributed by atoms with Crippen LogP contribution in [-0.2, 0) is 0 Å². The molecule has 0 saturated heterocycles. The minimum absolute atomic E-state index is 0.426. The van der Waals surface area contributed by atoms with Crippen molar-refractivity contribution in [3.8, 4) is 0 Å². The lowest BCUT2D eigenvalue weighted by molar-refractivity contribution is 1.09. The first kappa shape index (κ1) is 3.21. The maximum absolute atomic E-state index is 6.78. The van der Waals surface area contributed by atoms with Gasteiger partial charge in [0, 0.05) is 6.20 Å². The first-order valence-corrected chi connectivity index (χ1v) is 1.60. The largest absolute Gasteiger partial charge is 0.298 e. The Morgan fingerprint density at radius 1 is 1.83 bits per heavy atom. The molecule has 0 aromatic carbocycles. The maximum atomic E-state index is 6.78. The van der Waals surface area contributed by atoms with Crippen LogP contribution in [0, 0.1) is 0 Å². The lowest BCUT2D eigenvalue weighted by Gasteiger charge is -1.63. The predicted octanol–water partition coefficient (Wildman–Crippen LogP) is 0.324. The fraction of sp³-hybridized carbons (Fsp3) is 0. The molecule has 3 heteroatoms. The third-order valence-electron chi connectivity index (χ3n) is 0.498. The molecule has 1 aromatic heterocycles. The molecule has 0 atom stereocenters. The highest BCUT2D eigenvalue weighted by Crippen LogP contribution is 1.92. The summed E-state index contributed by atoms with van der Waals surface area (Å²) >= 11 is 0. The highest BCUT2D eigenvalue weighted by Gasteiger charge is 1.76. The van der Waals surface area contributed by atoms with Crippen molar-refractivity contribution in [2.24, 2.45) is 0 Å². The molecule has 0 fully saturated rings. The summed E-state index contributed by atoms with van der Waals surface area (Å²) in [7, 11) is 0. The van der Waals surface area contributed by atoms with Gasteiger partial charge < -0.3 is 0 Å². The van der Waals surface area contributed by atoms with Gasteiger partial charge in [-0.3, -0.25) is 10.8 Å². The number of hydrogen-bond acceptors (Lipinski definition) is 1. The molecule has 0 saturated carbocycles. The number of aromatic nitrogens is 2. The monoisotopic (exact) mass is 82.0 g/mol. The molecule has 6 heavy (non-hydrogen) atoms. The Balaban J connectivity index is 3.05. The lowest BCUT2D eigenvalue weighted by Crippen LogP contribution is -1.53. The van der Waals surface area contributed by atoms with Gasteiger partial charge in [-0.2, -0.15) is 5.10 Å². The van der Waals surface area contributed by atoms with E-state index in [1.807, 2.05) is 0 Å². The van der Waals surface area contributed by atoms with Crippen molar-refractivity contribution < 1.29 is 0 Å². The molecule has 0 amide bonds. The van der Waals surface area contributed by atoms with E-state index in [1.165, 1.54) is 12.4 Å². The van der Waals surface area contributed by atoms with Crippen LogP contribution >= 0.6 is 0 Å². The third-order valence-corrected chi connectivity index (χ3v) is 0.498. The van der Waals surface area contributed by atoms with Gasteiger partial charge in [-0.25, -0.2) is 0 Å². The van der Waals surface area contributed by atoms with E-state index in [1.54, 1.807) is 0 Å². The molecular formula is C3H4N3. The average molecular weight is 82.1 g/mol. The van der Waals surface area contributed by atoms with Gasteiger partial charge in [0.25, 0.3) is 0 Å². The normalized spacial score (nSPS) is 8.67. The molecule has 0 aliphatic heterocycles. The Morgan fingerprint density at radius 3 is 2.83 bits per heavy atom. The highest BCUT2D eigenvalue weighted by molar-refractivity contribution is 5.23. The standard InChI is InChI=1S/C3H4N3/c4-3-1-5-6-2-3/h1-2,4H,(H,5,6). The Labute approximate surface area is 35.2 Å². The summed E-state index contributed by atoms with van der Waals surface area (Å²) in [6.45, 7) is 0. The maximum Gasteiger partial charge on any atom is 0.0916 e. The topological polar surface area (TPSA) is 52.5 Å². The molecule has 1 rings (SSSR count). The van der Waals surface area contributed by atoms with Gasteiger partial charge in [-0.1, -0.05) is 0 Å². The molecule has 1 heterocycles. The second-order valence-corrected chi connectivity index (χ2v) is 0.987. The smallest absolute Gasteiger partial charge is 0.0916 e. The quantitative estimate of drug-likeness (QED) is 0.481. The molecule has 1 radical (unpaired) electrons. The van der Waals surface area contributed by atoms with Gasteiger partial charge in [0.2, 0.25) is 0 Å². The Hall–Kier alpha value is -0.990. The number of nitrogens with one attached hydrogen (secondary N) is 2. The van der Waals surface area contributed by atoms with Crippen LogP contribution in [0.3, 0.4) is 0 Å². The van der Waals surface area contributed by atoms with E-state index < -0.39 is 0 Å². The fourth-order valence-electron chi connectivity index (χ4n) is 0.251. The molecule has 31 valence electrons. The van der Waals surface area contributed by atoms with Crippen LogP contribution < -0.4 is 5.73 Å². The van der Waals surface area contributed by atoms with Crippen molar-refractivity contribution in [2.45, 2.75) is 0 Å². The Bertz CT molecular complexity index is 110. The van der Waals surface area contributed by atoms with Gasteiger partial charge in [0.05, 0.1) is 11.9 Å². The van der Waals surface area contributed by atoms with Gasteiger partial charge in [0.15, 0.2) is 0 Å². The van der Waals surface area contributed by atoms with Crippen LogP contribution in [0.15, 0.2) is 12.4 Å². The minimum atomic E-state index is 0.426. The molecular weight excluding hydrogens is 78.1 g/mol. The molecule has 3 nitrogen and oxygen atoms in total. The van der Waals surface area contributed by atoms with E-state index in [4.69, 9.17) is 5.73 Å². The molecule has 2 N–H and O–H groups in total. The molecule has 0 aliphatic carbocycles. The first-order valence-electron chi connectivity index (χ1n) is 1.60. The number of aromatic amines is 1. The zero-order valence-electron chi connectivity index (χ0n) is 3.10. The van der Waals surface area contributed by atoms with Crippen molar-refractivity contribution in [2.75, 3.05) is 0 Å². The molecule has 0 unspecified atom stereocenters. The van der Waals surface area contributed by atoms with Gasteiger partial charge >= 0.3 is 0 Å². The van der Waals surface area contributed by atoms with Crippen LogP contribution in [-0.4, -0.2) is 10.2 Å². The zero-order valence-corrected chi connectivity index (χ0v) is 3.10. The van der Waals surface area contributed by atoms with Crippen molar-refractivity contribution >= 4 is 5.69 Å². The number of nitrogens with zero attached hydrogens (tertiary/aromatic N) is 1. The molecule has 1 aromatic rings. The summed E-state index contributed by atoms with van der Waals surface area (Å²) in [6.07, 6.45) is 2.96. The van der Waals surface area contributed by atoms with Gasteiger partial charge in [-0.15, -0.1) is 0 Å². The van der Waals surface area contributed by atoms with E-state index in [2.05, 4.69) is 10.2 Å². The van der Waals surface area contributed by atoms with Crippen LogP contribution in [0.1, 0.15) is 0 Å². The van der Waals surface area contributed by atoms with Crippen molar-refractivity contribution in [3.05, 3.63) is 12.4 Å². The fourth-order valence-corrected chi connectivity index (χ4v) is 0.251. The van der Waals surface area contributed by atoms with E-state index in [0.717, 1.165) is 0 Å².